The van der Waals surface area contributed by atoms with Crippen LogP contribution in [0.15, 0.2) is 59.6 Å². The molecule has 2 aromatic carbocycles. The number of hydrogen-bond donors (Lipinski definition) is 0. The van der Waals surface area contributed by atoms with Gasteiger partial charge >= 0.3 is 6.18 Å². The molecule has 234 valence electrons. The van der Waals surface area contributed by atoms with E-state index in [1.807, 2.05) is 4.90 Å². The number of Topliss-reactive ketones (excluding diaryl/α,β-unsaturated/α-hetero) is 2. The first-order valence-electron chi connectivity index (χ1n) is 14.2. The number of sulfonamides is 1. The number of alkyl halides is 3. The van der Waals surface area contributed by atoms with Crippen molar-refractivity contribution in [3.05, 3.63) is 82.5 Å². The van der Waals surface area contributed by atoms with Gasteiger partial charge < -0.3 is 9.64 Å². The van der Waals surface area contributed by atoms with Crippen molar-refractivity contribution in [3.63, 3.8) is 0 Å². The molecule has 1 saturated heterocycles. The molecular formula is C31H33F3N4O5S. The molecule has 3 heterocycles. The molecule has 2 aliphatic rings. The lowest BCUT2D eigenvalue weighted by molar-refractivity contribution is -0.137. The molecule has 0 amide bonds. The van der Waals surface area contributed by atoms with E-state index in [0.717, 1.165) is 16.4 Å². The summed E-state index contributed by atoms with van der Waals surface area (Å²) < 4.78 is 73.5. The Bertz CT molecular complexity index is 1670. The van der Waals surface area contributed by atoms with Crippen LogP contribution in [0.5, 0.6) is 5.75 Å². The second kappa shape index (κ2) is 12.3. The minimum Gasteiger partial charge on any atom is -0.497 e. The van der Waals surface area contributed by atoms with Crippen LogP contribution in [-0.2, 0) is 16.2 Å². The van der Waals surface area contributed by atoms with Crippen LogP contribution in [0.25, 0.3) is 0 Å². The normalized spacial score (nSPS) is 19.1. The summed E-state index contributed by atoms with van der Waals surface area (Å²) in [7, 11) is -2.82. The number of aromatic nitrogens is 1. The van der Waals surface area contributed by atoms with Crippen LogP contribution in [-0.4, -0.2) is 86.6 Å². The number of anilines is 1. The number of carbonyl (C=O) groups is 2. The highest BCUT2D eigenvalue weighted by atomic mass is 32.2. The van der Waals surface area contributed by atoms with E-state index in [9.17, 15) is 31.2 Å². The number of nitrogens with zero attached hydrogens (tertiary/aromatic N) is 4. The minimum absolute atomic E-state index is 0.0653. The topological polar surface area (TPSA) is 100 Å². The average molecular weight is 631 g/mol. The molecule has 44 heavy (non-hydrogen) atoms. The fraction of sp³-hybridized carbons (Fsp3) is 0.387. The van der Waals surface area contributed by atoms with Crippen LogP contribution < -0.4 is 9.64 Å². The monoisotopic (exact) mass is 630 g/mol. The third-order valence-corrected chi connectivity index (χ3v) is 9.83. The number of methoxy groups -OCH3 is 1. The molecule has 3 aromatic rings. The summed E-state index contributed by atoms with van der Waals surface area (Å²) in [4.78, 5) is 35.8. The summed E-state index contributed by atoms with van der Waals surface area (Å²) in [5, 5.41) is -0.339. The lowest BCUT2D eigenvalue weighted by Crippen LogP contribution is -2.55. The highest BCUT2D eigenvalue weighted by Crippen LogP contribution is 2.34. The van der Waals surface area contributed by atoms with E-state index in [4.69, 9.17) is 4.74 Å². The standard InChI is InChI=1S/C31H33F3N4O5S/c1-20-18-21(2)35-30-26(20)29(40)27(28(39)22-8-10-25(43-3)11-9-22)38(44(30,41)42)13-5-12-36-14-16-37(17-15-36)24-7-4-6-23(19-24)31(32,33)34/h4,6-11,18-19,27H,5,12-17H2,1-3H3. The zero-order valence-electron chi connectivity index (χ0n) is 24.6. The first kappa shape index (κ1) is 31.6. The van der Waals surface area contributed by atoms with Gasteiger partial charge in [0, 0.05) is 49.7 Å². The predicted octanol–water partition coefficient (Wildman–Crippen LogP) is 4.38. The van der Waals surface area contributed by atoms with E-state index in [2.05, 4.69) is 9.88 Å². The van der Waals surface area contributed by atoms with E-state index >= 15 is 0 Å². The number of pyridine rings is 1. The van der Waals surface area contributed by atoms with Crippen molar-refractivity contribution < 1.29 is 35.9 Å². The number of halogens is 3. The number of fused-ring (bicyclic) bond motifs is 1. The van der Waals surface area contributed by atoms with Crippen molar-refractivity contribution in [1.29, 1.82) is 0 Å². The van der Waals surface area contributed by atoms with Crippen LogP contribution in [0.2, 0.25) is 0 Å². The van der Waals surface area contributed by atoms with E-state index in [0.29, 0.717) is 61.8 Å². The molecule has 0 bridgehead atoms. The van der Waals surface area contributed by atoms with Gasteiger partial charge in [0.15, 0.2) is 22.6 Å². The number of rotatable bonds is 8. The van der Waals surface area contributed by atoms with E-state index < -0.39 is 39.4 Å². The number of piperazine rings is 1. The van der Waals surface area contributed by atoms with Gasteiger partial charge in [-0.05, 0) is 80.9 Å². The van der Waals surface area contributed by atoms with E-state index in [1.165, 1.54) is 25.3 Å². The molecule has 1 aromatic heterocycles. The Balaban J connectivity index is 1.33. The van der Waals surface area contributed by atoms with Crippen LogP contribution in [0.3, 0.4) is 0 Å². The minimum atomic E-state index is -4.42. The van der Waals surface area contributed by atoms with E-state index in [-0.39, 0.29) is 22.7 Å². The van der Waals surface area contributed by atoms with Crippen LogP contribution >= 0.6 is 0 Å². The van der Waals surface area contributed by atoms with Crippen LogP contribution in [0.4, 0.5) is 18.9 Å². The Morgan fingerprint density at radius 2 is 1.68 bits per heavy atom. The summed E-state index contributed by atoms with van der Waals surface area (Å²) in [5.41, 5.74) is 0.785. The quantitative estimate of drug-likeness (QED) is 0.267. The summed E-state index contributed by atoms with van der Waals surface area (Å²) in [6.45, 7) is 5.75. The number of hydrogen-bond acceptors (Lipinski definition) is 8. The molecule has 5 rings (SSSR count). The molecule has 0 radical (unpaired) electrons. The van der Waals surface area contributed by atoms with Gasteiger partial charge in [0.25, 0.3) is 10.0 Å². The first-order chi connectivity index (χ1) is 20.8. The highest BCUT2D eigenvalue weighted by molar-refractivity contribution is 7.89. The number of benzene rings is 2. The third-order valence-electron chi connectivity index (χ3n) is 8.03. The van der Waals surface area contributed by atoms with Crippen LogP contribution in [0, 0.1) is 13.8 Å². The number of carbonyl (C=O) groups excluding carboxylic acids is 2. The zero-order valence-corrected chi connectivity index (χ0v) is 25.4. The molecule has 0 aliphatic carbocycles. The molecule has 2 aliphatic heterocycles. The molecule has 1 fully saturated rings. The van der Waals surface area contributed by atoms with Gasteiger partial charge in [-0.25, -0.2) is 13.4 Å². The Hall–Kier alpha value is -3.81. The molecule has 13 heteroatoms. The lowest BCUT2D eigenvalue weighted by Gasteiger charge is -2.37. The second-order valence-electron chi connectivity index (χ2n) is 11.0. The van der Waals surface area contributed by atoms with Crippen LogP contribution in [0.1, 0.15) is 44.0 Å². The second-order valence-corrected chi connectivity index (χ2v) is 12.8. The maximum atomic E-state index is 13.9. The Morgan fingerprint density at radius 3 is 2.32 bits per heavy atom. The summed E-state index contributed by atoms with van der Waals surface area (Å²) in [6.07, 6.45) is -4.10. The summed E-state index contributed by atoms with van der Waals surface area (Å²) in [5.74, 6) is -0.744. The van der Waals surface area contributed by atoms with Crippen molar-refractivity contribution in [2.75, 3.05) is 51.3 Å². The van der Waals surface area contributed by atoms with Crippen molar-refractivity contribution in [3.8, 4) is 5.75 Å². The Labute approximate surface area is 254 Å². The van der Waals surface area contributed by atoms with Crippen molar-refractivity contribution >= 4 is 27.3 Å². The van der Waals surface area contributed by atoms with Gasteiger partial charge in [0.2, 0.25) is 0 Å². The average Bonchev–Trinajstić information content (AvgIpc) is 2.99. The van der Waals surface area contributed by atoms with Gasteiger partial charge in [-0.1, -0.05) is 6.07 Å². The maximum absolute atomic E-state index is 13.9. The molecule has 1 atom stereocenters. The first-order valence-corrected chi connectivity index (χ1v) is 15.6. The lowest BCUT2D eigenvalue weighted by atomic mass is 9.94. The van der Waals surface area contributed by atoms with Gasteiger partial charge in [-0.15, -0.1) is 0 Å². The van der Waals surface area contributed by atoms with Gasteiger partial charge in [0.1, 0.15) is 5.75 Å². The number of ketones is 2. The molecular weight excluding hydrogens is 597 g/mol. The molecule has 0 saturated carbocycles. The number of aryl methyl sites for hydroxylation is 2. The molecule has 9 nitrogen and oxygen atoms in total. The Kier molecular flexibility index (Phi) is 8.83. The van der Waals surface area contributed by atoms with Crippen molar-refractivity contribution in [1.82, 2.24) is 14.2 Å². The maximum Gasteiger partial charge on any atom is 0.416 e. The number of ether oxygens (including phenoxy) is 1. The van der Waals surface area contributed by atoms with Gasteiger partial charge in [-0.3, -0.25) is 14.5 Å². The molecule has 0 N–H and O–H groups in total. The largest absolute Gasteiger partial charge is 0.497 e. The fourth-order valence-electron chi connectivity index (χ4n) is 5.78. The summed E-state index contributed by atoms with van der Waals surface area (Å²) >= 11 is 0. The van der Waals surface area contributed by atoms with Crippen molar-refractivity contribution in [2.24, 2.45) is 0 Å². The SMILES string of the molecule is COc1ccc(C(=O)C2C(=O)c3c(C)cc(C)nc3S(=O)(=O)N2CCCN2CCN(c3cccc(C(F)(F)F)c3)CC2)cc1. The molecule has 0 spiro atoms. The Morgan fingerprint density at radius 1 is 1.00 bits per heavy atom. The van der Waals surface area contributed by atoms with Gasteiger partial charge in [0.05, 0.1) is 18.2 Å². The van der Waals surface area contributed by atoms with Crippen molar-refractivity contribution in [2.45, 2.75) is 37.5 Å². The smallest absolute Gasteiger partial charge is 0.416 e. The molecule has 1 unspecified atom stereocenters. The van der Waals surface area contributed by atoms with Gasteiger partial charge in [-0.2, -0.15) is 17.5 Å². The third kappa shape index (κ3) is 6.21. The fourth-order valence-corrected chi connectivity index (χ4v) is 7.62. The predicted molar refractivity (Wildman–Crippen MR) is 158 cm³/mol. The highest BCUT2D eigenvalue weighted by Gasteiger charge is 2.49. The summed E-state index contributed by atoms with van der Waals surface area (Å²) in [6, 6.07) is 11.4. The zero-order chi connectivity index (χ0) is 31.8. The van der Waals surface area contributed by atoms with E-state index in [1.54, 1.807) is 38.1 Å².